The van der Waals surface area contributed by atoms with E-state index in [1.165, 1.54) is 18.3 Å². The second-order valence-corrected chi connectivity index (χ2v) is 7.58. The summed E-state index contributed by atoms with van der Waals surface area (Å²) in [6.45, 7) is 0.331. The lowest BCUT2D eigenvalue weighted by atomic mass is 9.97. The molecule has 0 spiro atoms. The first-order valence-electron chi connectivity index (χ1n) is 8.41. The number of rotatable bonds is 3. The van der Waals surface area contributed by atoms with Crippen LogP contribution in [-0.4, -0.2) is 36.5 Å². The number of aliphatic hydroxyl groups excluding tert-OH is 1. The molecule has 29 heavy (non-hydrogen) atoms. The van der Waals surface area contributed by atoms with Gasteiger partial charge in [-0.3, -0.25) is 0 Å². The maximum absolute atomic E-state index is 12.6. The molecule has 1 unspecified atom stereocenters. The van der Waals surface area contributed by atoms with Crippen molar-refractivity contribution in [3.8, 4) is 5.75 Å². The van der Waals surface area contributed by atoms with Gasteiger partial charge in [-0.1, -0.05) is 6.07 Å². The lowest BCUT2D eigenvalue weighted by Gasteiger charge is -2.32. The summed E-state index contributed by atoms with van der Waals surface area (Å²) in [6, 6.07) is 4.67. The number of nitrogens with zero attached hydrogens (tertiary/aromatic N) is 5. The molecule has 1 aliphatic heterocycles. The van der Waals surface area contributed by atoms with Gasteiger partial charge in [0.05, 0.1) is 18.8 Å². The molecule has 0 bridgehead atoms. The van der Waals surface area contributed by atoms with Gasteiger partial charge in [0, 0.05) is 24.2 Å². The molecule has 1 aromatic carbocycles. The van der Waals surface area contributed by atoms with E-state index in [0.717, 1.165) is 16.4 Å². The van der Waals surface area contributed by atoms with Gasteiger partial charge in [-0.25, -0.2) is 14.5 Å². The molecule has 1 aliphatic rings. The van der Waals surface area contributed by atoms with Crippen molar-refractivity contribution in [2.24, 2.45) is 0 Å². The van der Waals surface area contributed by atoms with E-state index in [2.05, 4.69) is 15.1 Å². The van der Waals surface area contributed by atoms with Crippen LogP contribution in [0.3, 0.4) is 0 Å². The maximum Gasteiger partial charge on any atom is 0.443 e. The Morgan fingerprint density at radius 3 is 2.76 bits per heavy atom. The summed E-state index contributed by atoms with van der Waals surface area (Å²) in [5.74, 6) is 0.291. The number of fused-ring (bicyclic) bond motifs is 1. The van der Waals surface area contributed by atoms with Crippen LogP contribution >= 0.6 is 11.3 Å². The topological polar surface area (TPSA) is 104 Å². The number of halogens is 3. The molecule has 3 heterocycles. The molecule has 0 radical (unpaired) electrons. The largest absolute Gasteiger partial charge is 0.508 e. The first kappa shape index (κ1) is 19.3. The van der Waals surface area contributed by atoms with Crippen molar-refractivity contribution < 1.29 is 23.4 Å². The molecule has 2 aromatic heterocycles. The summed E-state index contributed by atoms with van der Waals surface area (Å²) >= 11 is 0.442. The Balaban J connectivity index is 1.54. The number of phenolic OH excluding ortho intramolecular Hbond substituents is 1. The van der Waals surface area contributed by atoms with Crippen LogP contribution < -0.4 is 10.6 Å². The molecule has 1 atom stereocenters. The maximum atomic E-state index is 12.6. The van der Waals surface area contributed by atoms with Crippen molar-refractivity contribution in [2.75, 3.05) is 11.4 Å². The van der Waals surface area contributed by atoms with E-state index in [1.54, 1.807) is 11.0 Å². The van der Waals surface area contributed by atoms with Gasteiger partial charge in [0.15, 0.2) is 10.8 Å². The highest BCUT2D eigenvalue weighted by molar-refractivity contribution is 7.11. The number of thiazole rings is 1. The van der Waals surface area contributed by atoms with Crippen LogP contribution in [0, 0.1) is 0 Å². The molecule has 2 N–H and O–H groups in total. The van der Waals surface area contributed by atoms with Gasteiger partial charge >= 0.3 is 11.9 Å². The lowest BCUT2D eigenvalue weighted by Crippen LogP contribution is -2.36. The van der Waals surface area contributed by atoms with Crippen molar-refractivity contribution in [3.63, 3.8) is 0 Å². The lowest BCUT2D eigenvalue weighted by molar-refractivity contribution is -0.137. The van der Waals surface area contributed by atoms with E-state index in [-0.39, 0.29) is 29.5 Å². The molecule has 8 nitrogen and oxygen atoms in total. The highest BCUT2D eigenvalue weighted by atomic mass is 32.1. The van der Waals surface area contributed by atoms with Gasteiger partial charge in [0.2, 0.25) is 0 Å². The van der Waals surface area contributed by atoms with Crippen molar-refractivity contribution in [1.82, 2.24) is 19.7 Å². The average Bonchev–Trinajstić information content (AvgIpc) is 3.13. The van der Waals surface area contributed by atoms with Crippen LogP contribution in [0.15, 0.2) is 35.4 Å². The number of β-amino-alcohol motifs (C(OH)–C–C–N with tert-alkyl or cyclic N) is 1. The predicted octanol–water partition coefficient (Wildman–Crippen LogP) is 1.92. The zero-order valence-corrected chi connectivity index (χ0v) is 15.5. The van der Waals surface area contributed by atoms with Crippen LogP contribution in [-0.2, 0) is 19.3 Å². The SMILES string of the molecule is O=c1nc(N2Cc3ccc(O)cc3C(O)C2)cnn1Cc1cnc(C(F)(F)F)s1. The van der Waals surface area contributed by atoms with E-state index in [1.807, 2.05) is 0 Å². The third kappa shape index (κ3) is 3.93. The smallest absolute Gasteiger partial charge is 0.443 e. The Bertz CT molecular complexity index is 1110. The molecular formula is C17H14F3N5O3S. The monoisotopic (exact) mass is 425 g/mol. The number of alkyl halides is 3. The molecular weight excluding hydrogens is 411 g/mol. The number of anilines is 1. The quantitative estimate of drug-likeness (QED) is 0.661. The zero-order chi connectivity index (χ0) is 20.8. The van der Waals surface area contributed by atoms with E-state index in [9.17, 15) is 28.2 Å². The van der Waals surface area contributed by atoms with Crippen molar-refractivity contribution in [3.05, 3.63) is 62.1 Å². The van der Waals surface area contributed by atoms with Crippen LogP contribution in [0.1, 0.15) is 27.1 Å². The van der Waals surface area contributed by atoms with Gasteiger partial charge in [0.1, 0.15) is 5.75 Å². The van der Waals surface area contributed by atoms with Gasteiger partial charge < -0.3 is 15.1 Å². The second-order valence-electron chi connectivity index (χ2n) is 6.46. The number of hydrogen-bond donors (Lipinski definition) is 2. The number of benzene rings is 1. The van der Waals surface area contributed by atoms with Crippen LogP contribution in [0.2, 0.25) is 0 Å². The highest BCUT2D eigenvalue weighted by Crippen LogP contribution is 2.33. The zero-order valence-electron chi connectivity index (χ0n) is 14.7. The Morgan fingerprint density at radius 2 is 2.07 bits per heavy atom. The van der Waals surface area contributed by atoms with E-state index in [4.69, 9.17) is 0 Å². The first-order chi connectivity index (χ1) is 13.7. The Labute approximate surface area is 165 Å². The van der Waals surface area contributed by atoms with Crippen molar-refractivity contribution in [2.45, 2.75) is 25.4 Å². The average molecular weight is 425 g/mol. The Morgan fingerprint density at radius 1 is 1.28 bits per heavy atom. The molecule has 4 rings (SSSR count). The molecule has 152 valence electrons. The van der Waals surface area contributed by atoms with Crippen molar-refractivity contribution in [1.29, 1.82) is 0 Å². The molecule has 3 aromatic rings. The first-order valence-corrected chi connectivity index (χ1v) is 9.23. The summed E-state index contributed by atoms with van der Waals surface area (Å²) in [5, 5.41) is 22.9. The summed E-state index contributed by atoms with van der Waals surface area (Å²) in [6.07, 6.45) is -3.03. The summed E-state index contributed by atoms with van der Waals surface area (Å²) < 4.78 is 38.9. The third-order valence-corrected chi connectivity index (χ3v) is 5.44. The van der Waals surface area contributed by atoms with Crippen LogP contribution in [0.4, 0.5) is 19.0 Å². The minimum Gasteiger partial charge on any atom is -0.508 e. The summed E-state index contributed by atoms with van der Waals surface area (Å²) in [4.78, 5) is 21.4. The fourth-order valence-corrected chi connectivity index (χ4v) is 3.83. The van der Waals surface area contributed by atoms with Gasteiger partial charge in [-0.2, -0.15) is 23.3 Å². The van der Waals surface area contributed by atoms with E-state index in [0.29, 0.717) is 23.4 Å². The normalized spacial score (nSPS) is 16.7. The fraction of sp³-hybridized carbons (Fsp3) is 0.294. The number of hydrogen-bond acceptors (Lipinski definition) is 8. The summed E-state index contributed by atoms with van der Waals surface area (Å²) in [7, 11) is 0. The third-order valence-electron chi connectivity index (χ3n) is 4.41. The molecule has 0 fully saturated rings. The number of aromatic nitrogens is 4. The Kier molecular flexibility index (Phi) is 4.74. The minimum absolute atomic E-state index is 0.0513. The minimum atomic E-state index is -4.54. The highest BCUT2D eigenvalue weighted by Gasteiger charge is 2.34. The molecule has 0 saturated heterocycles. The van der Waals surface area contributed by atoms with Gasteiger partial charge in [-0.05, 0) is 23.3 Å². The van der Waals surface area contributed by atoms with Crippen LogP contribution in [0.5, 0.6) is 5.75 Å². The molecule has 12 heteroatoms. The molecule has 0 saturated carbocycles. The Hall–Kier alpha value is -2.99. The summed E-state index contributed by atoms with van der Waals surface area (Å²) in [5.41, 5.74) is 0.653. The number of phenols is 1. The number of aliphatic hydroxyl groups is 1. The van der Waals surface area contributed by atoms with Crippen LogP contribution in [0.25, 0.3) is 0 Å². The fourth-order valence-electron chi connectivity index (χ4n) is 3.06. The van der Waals surface area contributed by atoms with E-state index >= 15 is 0 Å². The standard InChI is InChI=1S/C17H14F3N5O3S/c18-17(19,20)15-21-4-11(29-15)7-25-16(28)23-14(5-22-25)24-6-9-1-2-10(26)3-12(9)13(27)8-24/h1-5,13,26-27H,6-8H2. The number of aromatic hydroxyl groups is 1. The van der Waals surface area contributed by atoms with Gasteiger partial charge in [0.25, 0.3) is 0 Å². The van der Waals surface area contributed by atoms with Crippen molar-refractivity contribution >= 4 is 17.2 Å². The second kappa shape index (κ2) is 7.12. The van der Waals surface area contributed by atoms with E-state index < -0.39 is 23.0 Å². The van der Waals surface area contributed by atoms with Gasteiger partial charge in [-0.15, -0.1) is 11.3 Å². The molecule has 0 aliphatic carbocycles. The molecule has 0 amide bonds. The predicted molar refractivity (Wildman–Crippen MR) is 96.6 cm³/mol.